The molecule has 106 valence electrons. The lowest BCUT2D eigenvalue weighted by molar-refractivity contribution is 0.601. The van der Waals surface area contributed by atoms with Gasteiger partial charge in [-0.1, -0.05) is 23.7 Å². The maximum atomic E-state index is 12.4. The highest BCUT2D eigenvalue weighted by atomic mass is 35.5. The summed E-state index contributed by atoms with van der Waals surface area (Å²) in [6.45, 7) is 3.77. The molecule has 0 heterocycles. The molecule has 0 aliphatic carbocycles. The SMILES string of the molecule is Cc1cccc(NS(=O)(=O)c2cc(N)ccc2Cl)c1C. The number of halogens is 1. The van der Waals surface area contributed by atoms with Crippen LogP contribution in [0.1, 0.15) is 11.1 Å². The summed E-state index contributed by atoms with van der Waals surface area (Å²) in [6, 6.07) is 9.78. The molecule has 0 aliphatic rings. The third-order valence-corrected chi connectivity index (χ3v) is 4.94. The Balaban J connectivity index is 2.46. The maximum Gasteiger partial charge on any atom is 0.263 e. The molecular weight excluding hydrogens is 296 g/mol. The summed E-state index contributed by atoms with van der Waals surface area (Å²) in [4.78, 5) is -0.0277. The summed E-state index contributed by atoms with van der Waals surface area (Å²) in [5.74, 6) is 0. The van der Waals surface area contributed by atoms with Crippen molar-refractivity contribution in [3.8, 4) is 0 Å². The Morgan fingerprint density at radius 2 is 1.85 bits per heavy atom. The molecule has 2 rings (SSSR count). The first-order valence-electron chi connectivity index (χ1n) is 5.95. The zero-order chi connectivity index (χ0) is 14.9. The summed E-state index contributed by atoms with van der Waals surface area (Å²) in [5.41, 5.74) is 8.37. The van der Waals surface area contributed by atoms with E-state index in [1.165, 1.54) is 12.1 Å². The lowest BCUT2D eigenvalue weighted by Crippen LogP contribution is -2.14. The van der Waals surface area contributed by atoms with Gasteiger partial charge in [0.1, 0.15) is 4.90 Å². The van der Waals surface area contributed by atoms with Crippen molar-refractivity contribution in [3.05, 3.63) is 52.5 Å². The molecule has 0 aliphatic heterocycles. The van der Waals surface area contributed by atoms with Crippen molar-refractivity contribution in [2.24, 2.45) is 0 Å². The van der Waals surface area contributed by atoms with Crippen LogP contribution in [0.2, 0.25) is 5.02 Å². The largest absolute Gasteiger partial charge is 0.399 e. The smallest absolute Gasteiger partial charge is 0.263 e. The highest BCUT2D eigenvalue weighted by Gasteiger charge is 2.19. The summed E-state index contributed by atoms with van der Waals surface area (Å²) >= 11 is 5.94. The molecule has 0 amide bonds. The normalized spacial score (nSPS) is 11.3. The molecule has 0 saturated carbocycles. The van der Waals surface area contributed by atoms with Crippen molar-refractivity contribution in [1.82, 2.24) is 0 Å². The molecule has 0 aromatic heterocycles. The third kappa shape index (κ3) is 2.89. The summed E-state index contributed by atoms with van der Waals surface area (Å²) in [6.07, 6.45) is 0. The van der Waals surface area contributed by atoms with Crippen LogP contribution in [-0.2, 0) is 10.0 Å². The topological polar surface area (TPSA) is 72.2 Å². The molecule has 2 aromatic rings. The van der Waals surface area contributed by atoms with Crippen LogP contribution in [0.4, 0.5) is 11.4 Å². The highest BCUT2D eigenvalue weighted by molar-refractivity contribution is 7.92. The van der Waals surface area contributed by atoms with Crippen LogP contribution in [0, 0.1) is 13.8 Å². The van der Waals surface area contributed by atoms with Gasteiger partial charge in [0, 0.05) is 5.69 Å². The second-order valence-electron chi connectivity index (χ2n) is 4.54. The fourth-order valence-corrected chi connectivity index (χ4v) is 3.45. The highest BCUT2D eigenvalue weighted by Crippen LogP contribution is 2.27. The second kappa shape index (κ2) is 5.34. The number of nitrogens with one attached hydrogen (secondary N) is 1. The van der Waals surface area contributed by atoms with Crippen LogP contribution in [0.15, 0.2) is 41.3 Å². The Morgan fingerprint density at radius 3 is 2.55 bits per heavy atom. The van der Waals surface area contributed by atoms with Gasteiger partial charge in [-0.15, -0.1) is 0 Å². The van der Waals surface area contributed by atoms with Gasteiger partial charge in [0.25, 0.3) is 10.0 Å². The van der Waals surface area contributed by atoms with Gasteiger partial charge in [0.05, 0.1) is 10.7 Å². The first-order chi connectivity index (χ1) is 9.31. The minimum Gasteiger partial charge on any atom is -0.399 e. The van der Waals surface area contributed by atoms with Gasteiger partial charge in [0.2, 0.25) is 0 Å². The molecule has 0 radical (unpaired) electrons. The summed E-state index contributed by atoms with van der Waals surface area (Å²) < 4.78 is 27.3. The Hall–Kier alpha value is -1.72. The minimum absolute atomic E-state index is 0.0277. The van der Waals surface area contributed by atoms with Crippen molar-refractivity contribution in [1.29, 1.82) is 0 Å². The molecule has 20 heavy (non-hydrogen) atoms. The molecule has 0 saturated heterocycles. The molecule has 0 atom stereocenters. The Labute approximate surface area is 123 Å². The number of aryl methyl sites for hydroxylation is 1. The van der Waals surface area contributed by atoms with E-state index in [0.717, 1.165) is 11.1 Å². The quantitative estimate of drug-likeness (QED) is 0.854. The number of hydrogen-bond donors (Lipinski definition) is 2. The van der Waals surface area contributed by atoms with Gasteiger partial charge >= 0.3 is 0 Å². The zero-order valence-corrected chi connectivity index (χ0v) is 12.7. The molecule has 0 bridgehead atoms. The predicted octanol–water partition coefficient (Wildman–Crippen LogP) is 3.34. The molecule has 0 unspecified atom stereocenters. The number of anilines is 2. The maximum absolute atomic E-state index is 12.4. The van der Waals surface area contributed by atoms with E-state index in [1.807, 2.05) is 19.9 Å². The van der Waals surface area contributed by atoms with Crippen LogP contribution in [0.3, 0.4) is 0 Å². The number of hydrogen-bond acceptors (Lipinski definition) is 3. The van der Waals surface area contributed by atoms with Gasteiger partial charge in [-0.25, -0.2) is 8.42 Å². The van der Waals surface area contributed by atoms with E-state index < -0.39 is 10.0 Å². The van der Waals surface area contributed by atoms with Crippen molar-refractivity contribution >= 4 is 33.0 Å². The third-order valence-electron chi connectivity index (χ3n) is 3.09. The lowest BCUT2D eigenvalue weighted by atomic mass is 10.1. The van der Waals surface area contributed by atoms with Crippen LogP contribution in [-0.4, -0.2) is 8.42 Å². The number of sulfonamides is 1. The molecule has 3 N–H and O–H groups in total. The van der Waals surface area contributed by atoms with E-state index in [4.69, 9.17) is 17.3 Å². The van der Waals surface area contributed by atoms with E-state index >= 15 is 0 Å². The number of benzene rings is 2. The number of rotatable bonds is 3. The monoisotopic (exact) mass is 310 g/mol. The van der Waals surface area contributed by atoms with E-state index in [2.05, 4.69) is 4.72 Å². The van der Waals surface area contributed by atoms with E-state index in [9.17, 15) is 8.42 Å². The van der Waals surface area contributed by atoms with Crippen molar-refractivity contribution in [2.75, 3.05) is 10.5 Å². The van der Waals surface area contributed by atoms with Crippen LogP contribution in [0.5, 0.6) is 0 Å². The van der Waals surface area contributed by atoms with Crippen molar-refractivity contribution < 1.29 is 8.42 Å². The fourth-order valence-electron chi connectivity index (χ4n) is 1.79. The van der Waals surface area contributed by atoms with E-state index in [-0.39, 0.29) is 9.92 Å². The van der Waals surface area contributed by atoms with Crippen molar-refractivity contribution in [3.63, 3.8) is 0 Å². The van der Waals surface area contributed by atoms with Crippen LogP contribution >= 0.6 is 11.6 Å². The fraction of sp³-hybridized carbons (Fsp3) is 0.143. The lowest BCUT2D eigenvalue weighted by Gasteiger charge is -2.13. The summed E-state index contributed by atoms with van der Waals surface area (Å²) in [5, 5.41) is 0.136. The number of nitrogens with two attached hydrogens (primary N) is 1. The molecule has 6 heteroatoms. The van der Waals surface area contributed by atoms with Crippen LogP contribution in [0.25, 0.3) is 0 Å². The Kier molecular flexibility index (Phi) is 3.92. The first kappa shape index (κ1) is 14.7. The van der Waals surface area contributed by atoms with Gasteiger partial charge in [-0.2, -0.15) is 0 Å². The molecule has 4 nitrogen and oxygen atoms in total. The standard InChI is InChI=1S/C14H15ClN2O2S/c1-9-4-3-5-13(10(9)2)17-20(18,19)14-8-11(16)6-7-12(14)15/h3-8,17H,16H2,1-2H3. The first-order valence-corrected chi connectivity index (χ1v) is 7.81. The van der Waals surface area contributed by atoms with Crippen molar-refractivity contribution in [2.45, 2.75) is 18.7 Å². The van der Waals surface area contributed by atoms with E-state index in [0.29, 0.717) is 11.4 Å². The molecule has 0 fully saturated rings. The minimum atomic E-state index is -3.77. The Bertz CT molecular complexity index is 758. The second-order valence-corrected chi connectivity index (χ2v) is 6.60. The van der Waals surface area contributed by atoms with Gasteiger partial charge in [0.15, 0.2) is 0 Å². The van der Waals surface area contributed by atoms with Crippen LogP contribution < -0.4 is 10.5 Å². The van der Waals surface area contributed by atoms with Gasteiger partial charge < -0.3 is 5.73 Å². The molecular formula is C14H15ClN2O2S. The van der Waals surface area contributed by atoms with E-state index in [1.54, 1.807) is 18.2 Å². The average Bonchev–Trinajstić information content (AvgIpc) is 2.37. The average molecular weight is 311 g/mol. The molecule has 2 aromatic carbocycles. The predicted molar refractivity (Wildman–Crippen MR) is 82.6 cm³/mol. The zero-order valence-electron chi connectivity index (χ0n) is 11.1. The van der Waals surface area contributed by atoms with Gasteiger partial charge in [-0.3, -0.25) is 4.72 Å². The Morgan fingerprint density at radius 1 is 1.15 bits per heavy atom. The molecule has 0 spiro atoms. The number of nitrogen functional groups attached to an aromatic ring is 1. The summed E-state index contributed by atoms with van der Waals surface area (Å²) in [7, 11) is -3.77. The van der Waals surface area contributed by atoms with Gasteiger partial charge in [-0.05, 0) is 49.2 Å².